The molecule has 0 atom stereocenters. The maximum absolute atomic E-state index is 12.8. The van der Waals surface area contributed by atoms with Gasteiger partial charge in [-0.1, -0.05) is 52.4 Å². The van der Waals surface area contributed by atoms with Gasteiger partial charge in [-0.3, -0.25) is 9.59 Å². The number of unbranched alkanes of at least 4 members (excludes halogenated alkanes) is 6. The molecule has 5 rings (SSSR count). The van der Waals surface area contributed by atoms with Gasteiger partial charge in [-0.15, -0.1) is 0 Å². The second kappa shape index (κ2) is 17.5. The Bertz CT molecular complexity index is 2030. The minimum atomic E-state index is -0.167. The van der Waals surface area contributed by atoms with Crippen molar-refractivity contribution in [3.05, 3.63) is 89.7 Å². The Labute approximate surface area is 296 Å². The fourth-order valence-electron chi connectivity index (χ4n) is 6.82. The molecule has 0 unspecified atom stereocenters. The largest absolute Gasteiger partial charge is 0.466 e. The number of hydrogen-bond acceptors (Lipinski definition) is 4. The van der Waals surface area contributed by atoms with Gasteiger partial charge in [0, 0.05) is 57.0 Å². The number of H-pyrrole nitrogens is 4. The van der Waals surface area contributed by atoms with Crippen molar-refractivity contribution in [3.8, 4) is 0 Å². The van der Waals surface area contributed by atoms with E-state index in [1.165, 1.54) is 0 Å². The summed E-state index contributed by atoms with van der Waals surface area (Å²) in [6.45, 7) is 13.8. The molecule has 0 aliphatic carbocycles. The van der Waals surface area contributed by atoms with Crippen LogP contribution in [0, 0.1) is 27.7 Å². The van der Waals surface area contributed by atoms with Crippen molar-refractivity contribution in [3.63, 3.8) is 0 Å². The highest BCUT2D eigenvalue weighted by Gasteiger charge is 2.17. The van der Waals surface area contributed by atoms with Gasteiger partial charge in [-0.2, -0.15) is 0 Å². The van der Waals surface area contributed by atoms with Crippen LogP contribution in [0.3, 0.4) is 0 Å². The highest BCUT2D eigenvalue weighted by atomic mass is 16.5. The van der Waals surface area contributed by atoms with Crippen LogP contribution < -0.4 is 21.4 Å². The van der Waals surface area contributed by atoms with Crippen LogP contribution in [0.4, 0.5) is 0 Å². The summed E-state index contributed by atoms with van der Waals surface area (Å²) in [7, 11) is 0. The van der Waals surface area contributed by atoms with E-state index in [9.17, 15) is 9.59 Å². The Hall–Kier alpha value is -4.46. The van der Waals surface area contributed by atoms with Crippen molar-refractivity contribution in [2.45, 2.75) is 119 Å². The number of aromatic amines is 4. The molecule has 0 spiro atoms. The van der Waals surface area contributed by atoms with Gasteiger partial charge in [0.05, 0.1) is 13.2 Å². The van der Waals surface area contributed by atoms with Crippen molar-refractivity contribution >= 4 is 36.2 Å². The molecular formula is C42H56N4O4. The average molecular weight is 681 g/mol. The third kappa shape index (κ3) is 9.40. The van der Waals surface area contributed by atoms with E-state index < -0.39 is 0 Å². The summed E-state index contributed by atoms with van der Waals surface area (Å²) in [4.78, 5) is 40.2. The lowest BCUT2D eigenvalue weighted by molar-refractivity contribution is -0.144. The topological polar surface area (TPSA) is 116 Å². The number of fused-ring (bicyclic) bond motifs is 8. The molecular weight excluding hydrogens is 624 g/mol. The first-order valence-electron chi connectivity index (χ1n) is 18.7. The Morgan fingerprint density at radius 1 is 0.560 bits per heavy atom. The predicted octanol–water partition coefficient (Wildman–Crippen LogP) is 5.97. The molecule has 1 aliphatic rings. The van der Waals surface area contributed by atoms with Crippen LogP contribution in [-0.4, -0.2) is 45.1 Å². The Morgan fingerprint density at radius 3 is 1.86 bits per heavy atom. The first-order chi connectivity index (χ1) is 24.2. The van der Waals surface area contributed by atoms with Gasteiger partial charge < -0.3 is 29.4 Å². The average Bonchev–Trinajstić information content (AvgIpc) is 3.78. The molecule has 5 heterocycles. The molecule has 4 aromatic rings. The van der Waals surface area contributed by atoms with Crippen LogP contribution in [-0.2, 0) is 31.9 Å². The molecule has 4 N–H and O–H groups in total. The van der Waals surface area contributed by atoms with Gasteiger partial charge in [-0.05, 0) is 123 Å². The van der Waals surface area contributed by atoms with E-state index in [4.69, 9.17) is 9.47 Å². The van der Waals surface area contributed by atoms with Crippen LogP contribution in [0.5, 0.6) is 0 Å². The van der Waals surface area contributed by atoms with Crippen LogP contribution >= 0.6 is 0 Å². The van der Waals surface area contributed by atoms with Gasteiger partial charge in [0.2, 0.25) is 0 Å². The smallest absolute Gasteiger partial charge is 0.306 e. The van der Waals surface area contributed by atoms with Crippen LogP contribution in [0.2, 0.25) is 0 Å². The second-order valence-electron chi connectivity index (χ2n) is 13.9. The van der Waals surface area contributed by atoms with Gasteiger partial charge in [0.15, 0.2) is 0 Å². The second-order valence-corrected chi connectivity index (χ2v) is 13.9. The summed E-state index contributed by atoms with van der Waals surface area (Å²) in [5.41, 5.74) is 10.6. The highest BCUT2D eigenvalue weighted by molar-refractivity contribution is 5.71. The first kappa shape index (κ1) is 36.8. The van der Waals surface area contributed by atoms with E-state index in [0.29, 0.717) is 38.9 Å². The molecule has 4 aromatic heterocycles. The quantitative estimate of drug-likeness (QED) is 0.0759. The molecule has 0 radical (unpaired) electrons. The van der Waals surface area contributed by atoms with E-state index in [-0.39, 0.29) is 11.9 Å². The Balaban J connectivity index is 1.55. The highest BCUT2D eigenvalue weighted by Crippen LogP contribution is 2.22. The van der Waals surface area contributed by atoms with Gasteiger partial charge in [0.25, 0.3) is 0 Å². The van der Waals surface area contributed by atoms with E-state index in [1.54, 1.807) is 0 Å². The fraction of sp³-hybridized carbons (Fsp3) is 0.476. The lowest BCUT2D eigenvalue weighted by Crippen LogP contribution is -2.14. The molecule has 0 fully saturated rings. The summed E-state index contributed by atoms with van der Waals surface area (Å²) >= 11 is 0. The molecule has 0 aromatic carbocycles. The molecule has 8 heteroatoms. The maximum atomic E-state index is 12.8. The molecule has 0 saturated carbocycles. The van der Waals surface area contributed by atoms with E-state index in [2.05, 4.69) is 97.9 Å². The lowest BCUT2D eigenvalue weighted by Gasteiger charge is -2.06. The number of carbonyl (C=O) groups is 2. The van der Waals surface area contributed by atoms with Gasteiger partial charge in [0.1, 0.15) is 0 Å². The van der Waals surface area contributed by atoms with Crippen molar-refractivity contribution in [2.75, 3.05) is 13.2 Å². The first-order valence-corrected chi connectivity index (χ1v) is 18.7. The van der Waals surface area contributed by atoms with Gasteiger partial charge >= 0.3 is 11.9 Å². The zero-order chi connectivity index (χ0) is 35.6. The number of carbonyl (C=O) groups excluding carboxylic acids is 2. The number of aromatic nitrogens is 4. The number of rotatable bonds is 16. The van der Waals surface area contributed by atoms with Crippen molar-refractivity contribution in [1.29, 1.82) is 0 Å². The molecule has 0 amide bonds. The summed E-state index contributed by atoms with van der Waals surface area (Å²) < 4.78 is 11.2. The van der Waals surface area contributed by atoms with E-state index in [0.717, 1.165) is 129 Å². The molecule has 8 nitrogen and oxygen atoms in total. The van der Waals surface area contributed by atoms with Crippen molar-refractivity contribution in [2.24, 2.45) is 0 Å². The number of hydrogen-bond donors (Lipinski definition) is 4. The molecule has 0 saturated heterocycles. The van der Waals surface area contributed by atoms with E-state index >= 15 is 0 Å². The lowest BCUT2D eigenvalue weighted by atomic mass is 10.0. The van der Waals surface area contributed by atoms with Crippen molar-refractivity contribution in [1.82, 2.24) is 19.9 Å². The van der Waals surface area contributed by atoms with Crippen LogP contribution in [0.1, 0.15) is 134 Å². The maximum Gasteiger partial charge on any atom is 0.306 e. The predicted molar refractivity (Wildman–Crippen MR) is 202 cm³/mol. The van der Waals surface area contributed by atoms with Crippen molar-refractivity contribution < 1.29 is 19.1 Å². The third-order valence-corrected chi connectivity index (χ3v) is 9.91. The Kier molecular flexibility index (Phi) is 12.9. The SMILES string of the molecule is CCCCCCOC(=O)CCc1c2[nH]c(c1C)C=c1[nH]c(cc1C)=Cc1[nH]c(cc1C)C=c1[nH]c(c(CCC(=O)OCCCCCC)c1C)=C2. The van der Waals surface area contributed by atoms with Gasteiger partial charge in [-0.25, -0.2) is 0 Å². The third-order valence-electron chi connectivity index (χ3n) is 9.91. The number of nitrogens with one attached hydrogen (secondary N) is 4. The molecule has 8 bridgehead atoms. The summed E-state index contributed by atoms with van der Waals surface area (Å²) in [5, 5.41) is 3.98. The summed E-state index contributed by atoms with van der Waals surface area (Å²) in [6.07, 6.45) is 18.9. The summed E-state index contributed by atoms with van der Waals surface area (Å²) in [6, 6.07) is 4.33. The Morgan fingerprint density at radius 2 is 1.20 bits per heavy atom. The van der Waals surface area contributed by atoms with E-state index in [1.807, 2.05) is 0 Å². The number of esters is 2. The zero-order valence-corrected chi connectivity index (χ0v) is 31.0. The monoisotopic (exact) mass is 680 g/mol. The van der Waals surface area contributed by atoms with Crippen LogP contribution in [0.25, 0.3) is 24.3 Å². The molecule has 50 heavy (non-hydrogen) atoms. The minimum Gasteiger partial charge on any atom is -0.466 e. The number of aryl methyl sites for hydroxylation is 2. The summed E-state index contributed by atoms with van der Waals surface area (Å²) in [5.74, 6) is -0.335. The molecule has 268 valence electrons. The zero-order valence-electron chi connectivity index (χ0n) is 31.0. The number of ether oxygens (including phenoxy) is 2. The molecule has 1 aliphatic heterocycles. The standard InChI is InChI=1S/C42H56N4O4/c1-7-9-11-13-19-49-41(47)17-15-33-29(5)37-24-32-21-27(3)35(43-32)23-31-22-28(4)36(44-31)25-38-30(6)34(40(46-38)26-39(33)45-37)16-18-42(48)50-20-14-12-10-8-2/h21-26,43-46H,7-20H2,1-6H3. The minimum absolute atomic E-state index is 0.167. The fourth-order valence-corrected chi connectivity index (χ4v) is 6.82. The normalized spacial score (nSPS) is 12.1. The van der Waals surface area contributed by atoms with Crippen LogP contribution in [0.15, 0.2) is 12.1 Å².